The fourth-order valence-electron chi connectivity index (χ4n) is 1.44. The summed E-state index contributed by atoms with van der Waals surface area (Å²) in [6.07, 6.45) is -4.18. The molecule has 1 N–H and O–H groups in total. The molecule has 1 rings (SSSR count). The minimum Gasteiger partial charge on any atom is -0.391 e. The summed E-state index contributed by atoms with van der Waals surface area (Å²) in [4.78, 5) is 11.6. The number of carbonyl (C=O) groups excluding carboxylic acids is 1. The smallest absolute Gasteiger partial charge is 0.383 e. The van der Waals surface area contributed by atoms with Crippen molar-refractivity contribution in [3.8, 4) is 0 Å². The van der Waals surface area contributed by atoms with Crippen LogP contribution in [0.2, 0.25) is 0 Å². The number of carbonyl (C=O) groups is 1. The van der Waals surface area contributed by atoms with Crippen LogP contribution in [0.4, 0.5) is 17.6 Å². The fourth-order valence-corrected chi connectivity index (χ4v) is 1.44. The average molecular weight is 229 g/mol. The highest BCUT2D eigenvalue weighted by Gasteiger charge is 2.51. The first-order valence-corrected chi connectivity index (χ1v) is 4.49. The van der Waals surface area contributed by atoms with Gasteiger partial charge in [0, 0.05) is 13.1 Å². The van der Waals surface area contributed by atoms with Crippen molar-refractivity contribution in [3.63, 3.8) is 0 Å². The Bertz CT molecular complexity index is 247. The summed E-state index contributed by atoms with van der Waals surface area (Å²) in [7, 11) is 0. The van der Waals surface area contributed by atoms with E-state index < -0.39 is 24.4 Å². The van der Waals surface area contributed by atoms with E-state index in [-0.39, 0.29) is 13.1 Å². The van der Waals surface area contributed by atoms with E-state index in [1.165, 1.54) is 0 Å². The minimum absolute atomic E-state index is 0.0157. The second kappa shape index (κ2) is 4.34. The largest absolute Gasteiger partial charge is 0.391 e. The van der Waals surface area contributed by atoms with Crippen molar-refractivity contribution in [3.05, 3.63) is 0 Å². The van der Waals surface area contributed by atoms with E-state index in [4.69, 9.17) is 5.11 Å². The Morgan fingerprint density at radius 1 is 1.47 bits per heavy atom. The predicted molar refractivity (Wildman–Crippen MR) is 42.8 cm³/mol. The van der Waals surface area contributed by atoms with Crippen LogP contribution < -0.4 is 0 Å². The zero-order valence-corrected chi connectivity index (χ0v) is 7.80. The van der Waals surface area contributed by atoms with Gasteiger partial charge >= 0.3 is 12.3 Å². The number of halogens is 4. The maximum atomic E-state index is 12.6. The maximum absolute atomic E-state index is 12.6. The Labute approximate surface area is 83.7 Å². The molecule has 15 heavy (non-hydrogen) atoms. The van der Waals surface area contributed by atoms with Gasteiger partial charge in [-0.1, -0.05) is 0 Å². The second-order valence-corrected chi connectivity index (χ2v) is 3.47. The molecule has 0 aliphatic carbocycles. The maximum Gasteiger partial charge on any atom is 0.383 e. The molecule has 0 spiro atoms. The van der Waals surface area contributed by atoms with Crippen LogP contribution in [0.15, 0.2) is 0 Å². The Balaban J connectivity index is 2.67. The molecule has 1 heterocycles. The number of piperidine rings is 1. The standard InChI is InChI=1S/C8H11F4NO2/c9-6(10)8(11,12)7(15)13-3-1-2-5(14)4-13/h5-6,14H,1-4H2/t5-/m0/s1. The van der Waals surface area contributed by atoms with Gasteiger partial charge in [0.1, 0.15) is 0 Å². The summed E-state index contributed by atoms with van der Waals surface area (Å²) in [5.41, 5.74) is 0. The highest BCUT2D eigenvalue weighted by atomic mass is 19.3. The van der Waals surface area contributed by atoms with Gasteiger partial charge in [0.2, 0.25) is 0 Å². The lowest BCUT2D eigenvalue weighted by Crippen LogP contribution is -2.52. The van der Waals surface area contributed by atoms with Crippen LogP contribution in [0.5, 0.6) is 0 Å². The van der Waals surface area contributed by atoms with Crippen molar-refractivity contribution in [2.75, 3.05) is 13.1 Å². The van der Waals surface area contributed by atoms with E-state index in [0.717, 1.165) is 0 Å². The van der Waals surface area contributed by atoms with Crippen LogP contribution >= 0.6 is 0 Å². The van der Waals surface area contributed by atoms with E-state index in [0.29, 0.717) is 17.7 Å². The number of likely N-dealkylation sites (tertiary alicyclic amines) is 1. The Morgan fingerprint density at radius 2 is 2.07 bits per heavy atom. The zero-order valence-electron chi connectivity index (χ0n) is 7.80. The van der Waals surface area contributed by atoms with Gasteiger partial charge in [-0.25, -0.2) is 8.78 Å². The van der Waals surface area contributed by atoms with E-state index in [9.17, 15) is 22.4 Å². The number of alkyl halides is 4. The van der Waals surface area contributed by atoms with E-state index in [2.05, 4.69) is 0 Å². The first kappa shape index (κ1) is 12.2. The van der Waals surface area contributed by atoms with Crippen molar-refractivity contribution in [1.82, 2.24) is 4.90 Å². The number of β-amino-alcohol motifs (C(OH)–C–C–N with tert-alkyl or cyclic N) is 1. The van der Waals surface area contributed by atoms with Crippen LogP contribution in [-0.4, -0.2) is 47.5 Å². The van der Waals surface area contributed by atoms with Crippen molar-refractivity contribution < 1.29 is 27.5 Å². The van der Waals surface area contributed by atoms with Crippen LogP contribution in [0.3, 0.4) is 0 Å². The number of hydrogen-bond donors (Lipinski definition) is 1. The first-order valence-electron chi connectivity index (χ1n) is 4.49. The molecule has 0 aromatic rings. The van der Waals surface area contributed by atoms with Gasteiger partial charge in [-0.2, -0.15) is 8.78 Å². The molecule has 1 saturated heterocycles. The fraction of sp³-hybridized carbons (Fsp3) is 0.875. The minimum atomic E-state index is -4.66. The number of hydrogen-bond acceptors (Lipinski definition) is 2. The van der Waals surface area contributed by atoms with E-state index >= 15 is 0 Å². The first-order chi connectivity index (χ1) is 6.85. The van der Waals surface area contributed by atoms with Crippen LogP contribution in [0.25, 0.3) is 0 Å². The van der Waals surface area contributed by atoms with E-state index in [1.54, 1.807) is 0 Å². The molecule has 0 saturated carbocycles. The van der Waals surface area contributed by atoms with Gasteiger partial charge in [-0.05, 0) is 12.8 Å². The number of amides is 1. The van der Waals surface area contributed by atoms with Gasteiger partial charge in [0.05, 0.1) is 6.10 Å². The molecule has 1 aliphatic heterocycles. The summed E-state index contributed by atoms with van der Waals surface area (Å²) in [5.74, 6) is -6.56. The molecule has 0 aromatic heterocycles. The number of nitrogens with zero attached hydrogens (tertiary/aromatic N) is 1. The Kier molecular flexibility index (Phi) is 3.54. The van der Waals surface area contributed by atoms with Crippen LogP contribution in [0, 0.1) is 0 Å². The van der Waals surface area contributed by atoms with Gasteiger partial charge in [0.25, 0.3) is 5.91 Å². The third-order valence-electron chi connectivity index (χ3n) is 2.24. The molecule has 1 fully saturated rings. The summed E-state index contributed by atoms with van der Waals surface area (Å²) in [6.45, 7) is -0.320. The highest BCUT2D eigenvalue weighted by molar-refractivity contribution is 5.84. The molecule has 1 amide bonds. The Morgan fingerprint density at radius 3 is 2.53 bits per heavy atom. The van der Waals surface area contributed by atoms with E-state index in [1.807, 2.05) is 0 Å². The lowest BCUT2D eigenvalue weighted by atomic mass is 10.1. The predicted octanol–water partition coefficient (Wildman–Crippen LogP) is 0.870. The molecule has 3 nitrogen and oxygen atoms in total. The lowest BCUT2D eigenvalue weighted by Gasteiger charge is -2.32. The van der Waals surface area contributed by atoms with Gasteiger partial charge in [-0.3, -0.25) is 4.79 Å². The molecule has 0 aromatic carbocycles. The molecule has 0 bridgehead atoms. The summed E-state index contributed by atoms with van der Waals surface area (Å²) < 4.78 is 49.0. The summed E-state index contributed by atoms with van der Waals surface area (Å²) in [5, 5.41) is 9.11. The molecule has 1 aliphatic rings. The summed E-state index contributed by atoms with van der Waals surface area (Å²) >= 11 is 0. The van der Waals surface area contributed by atoms with Crippen molar-refractivity contribution in [2.24, 2.45) is 0 Å². The molecule has 0 unspecified atom stereocenters. The average Bonchev–Trinajstić information content (AvgIpc) is 2.16. The third-order valence-corrected chi connectivity index (χ3v) is 2.24. The van der Waals surface area contributed by atoms with Crippen LogP contribution in [-0.2, 0) is 4.79 Å². The van der Waals surface area contributed by atoms with Gasteiger partial charge in [-0.15, -0.1) is 0 Å². The monoisotopic (exact) mass is 229 g/mol. The SMILES string of the molecule is O=C(N1CCC[C@H](O)C1)C(F)(F)C(F)F. The summed E-state index contributed by atoms with van der Waals surface area (Å²) in [6, 6.07) is 0. The van der Waals surface area contributed by atoms with Gasteiger partial charge in [0.15, 0.2) is 0 Å². The number of aliphatic hydroxyl groups excluding tert-OH is 1. The highest BCUT2D eigenvalue weighted by Crippen LogP contribution is 2.26. The molecule has 88 valence electrons. The van der Waals surface area contributed by atoms with Crippen molar-refractivity contribution in [2.45, 2.75) is 31.3 Å². The molecule has 7 heteroatoms. The second-order valence-electron chi connectivity index (χ2n) is 3.47. The molecular formula is C8H11F4NO2. The topological polar surface area (TPSA) is 40.5 Å². The van der Waals surface area contributed by atoms with Gasteiger partial charge < -0.3 is 10.0 Å². The molecular weight excluding hydrogens is 218 g/mol. The van der Waals surface area contributed by atoms with Crippen molar-refractivity contribution >= 4 is 5.91 Å². The number of aliphatic hydroxyl groups is 1. The quantitative estimate of drug-likeness (QED) is 0.714. The lowest BCUT2D eigenvalue weighted by molar-refractivity contribution is -0.183. The number of rotatable bonds is 2. The zero-order chi connectivity index (χ0) is 11.6. The van der Waals surface area contributed by atoms with Crippen LogP contribution in [0.1, 0.15) is 12.8 Å². The van der Waals surface area contributed by atoms with Crippen molar-refractivity contribution in [1.29, 1.82) is 0 Å². The molecule has 1 atom stereocenters. The normalized spacial score (nSPS) is 23.3. The molecule has 0 radical (unpaired) electrons. The third kappa shape index (κ3) is 2.58. The Hall–Kier alpha value is -0.850.